The Labute approximate surface area is 143 Å². The van der Waals surface area contributed by atoms with E-state index in [2.05, 4.69) is 0 Å². The van der Waals surface area contributed by atoms with Crippen LogP contribution in [0.25, 0.3) is 0 Å². The molecule has 0 unspecified atom stereocenters. The van der Waals surface area contributed by atoms with Gasteiger partial charge in [-0.2, -0.15) is 5.26 Å². The summed E-state index contributed by atoms with van der Waals surface area (Å²) in [6, 6.07) is 12.5. The Morgan fingerprint density at radius 1 is 1.12 bits per heavy atom. The molecule has 0 N–H and O–H groups in total. The van der Waals surface area contributed by atoms with Crippen molar-refractivity contribution in [2.75, 3.05) is 0 Å². The van der Waals surface area contributed by atoms with E-state index in [1.165, 1.54) is 48.5 Å². The molecular formula is C17H11ClFNO3S. The molecule has 0 radical (unpaired) electrons. The number of rotatable bonds is 4. The van der Waals surface area contributed by atoms with Gasteiger partial charge in [-0.3, -0.25) is 0 Å². The van der Waals surface area contributed by atoms with Crippen LogP contribution in [0, 0.1) is 22.6 Å². The van der Waals surface area contributed by atoms with Crippen LogP contribution in [0.5, 0.6) is 0 Å². The monoisotopic (exact) mass is 363 g/mol. The third-order valence-corrected chi connectivity index (χ3v) is 6.79. The van der Waals surface area contributed by atoms with Gasteiger partial charge in [0.15, 0.2) is 9.84 Å². The van der Waals surface area contributed by atoms with Crippen LogP contribution < -0.4 is 0 Å². The van der Waals surface area contributed by atoms with E-state index in [4.69, 9.17) is 11.6 Å². The highest BCUT2D eigenvalue weighted by Gasteiger charge is 2.72. The van der Waals surface area contributed by atoms with E-state index in [1.54, 1.807) is 0 Å². The second-order valence-electron chi connectivity index (χ2n) is 5.61. The molecule has 2 aromatic carbocycles. The van der Waals surface area contributed by atoms with Gasteiger partial charge in [0, 0.05) is 10.9 Å². The van der Waals surface area contributed by atoms with Gasteiger partial charge in [0.1, 0.15) is 22.8 Å². The first kappa shape index (κ1) is 16.6. The van der Waals surface area contributed by atoms with Crippen LogP contribution in [0.15, 0.2) is 53.4 Å². The number of aldehydes is 1. The fourth-order valence-corrected chi connectivity index (χ4v) is 5.37. The number of hydrogen-bond acceptors (Lipinski definition) is 4. The molecule has 1 fully saturated rings. The Balaban J connectivity index is 2.08. The molecule has 0 aromatic heterocycles. The molecule has 1 aliphatic carbocycles. The third kappa shape index (κ3) is 2.41. The maximum atomic E-state index is 13.1. The van der Waals surface area contributed by atoms with Crippen LogP contribution >= 0.6 is 11.6 Å². The smallest absolute Gasteiger partial charge is 0.183 e. The summed E-state index contributed by atoms with van der Waals surface area (Å²) >= 11 is 5.77. The molecule has 0 heterocycles. The van der Waals surface area contributed by atoms with E-state index in [1.807, 2.05) is 6.07 Å². The number of benzene rings is 2. The Morgan fingerprint density at radius 3 is 2.21 bits per heavy atom. The molecule has 122 valence electrons. The van der Waals surface area contributed by atoms with Gasteiger partial charge in [0.05, 0.1) is 11.0 Å². The molecule has 1 saturated carbocycles. The molecule has 2 aromatic rings. The molecule has 4 nitrogen and oxygen atoms in total. The van der Waals surface area contributed by atoms with E-state index in [9.17, 15) is 22.9 Å². The van der Waals surface area contributed by atoms with Crippen molar-refractivity contribution in [3.63, 3.8) is 0 Å². The van der Waals surface area contributed by atoms with Gasteiger partial charge in [-0.15, -0.1) is 0 Å². The van der Waals surface area contributed by atoms with Crippen molar-refractivity contribution in [2.45, 2.75) is 16.1 Å². The largest absolute Gasteiger partial charge is 0.302 e. The highest BCUT2D eigenvalue weighted by atomic mass is 35.5. The zero-order chi connectivity index (χ0) is 17.5. The second-order valence-corrected chi connectivity index (χ2v) is 8.12. The van der Waals surface area contributed by atoms with Gasteiger partial charge in [-0.25, -0.2) is 12.8 Å². The maximum Gasteiger partial charge on any atom is 0.183 e. The minimum absolute atomic E-state index is 0.0111. The Morgan fingerprint density at radius 2 is 1.71 bits per heavy atom. The highest BCUT2D eigenvalue weighted by Crippen LogP contribution is 2.62. The number of nitrogens with zero attached hydrogens (tertiary/aromatic N) is 1. The number of hydrogen-bond donors (Lipinski definition) is 0. The summed E-state index contributed by atoms with van der Waals surface area (Å²) in [6.07, 6.45) is 0.374. The van der Waals surface area contributed by atoms with E-state index in [-0.39, 0.29) is 4.90 Å². The van der Waals surface area contributed by atoms with E-state index in [0.717, 1.165) is 0 Å². The average Bonchev–Trinajstić information content (AvgIpc) is 3.26. The molecule has 3 rings (SSSR count). The lowest BCUT2D eigenvalue weighted by molar-refractivity contribution is -0.110. The van der Waals surface area contributed by atoms with Gasteiger partial charge in [0.25, 0.3) is 0 Å². The van der Waals surface area contributed by atoms with Crippen LogP contribution in [0.4, 0.5) is 4.39 Å². The van der Waals surface area contributed by atoms with Crippen molar-refractivity contribution >= 4 is 27.7 Å². The van der Waals surface area contributed by atoms with Crippen molar-refractivity contribution in [1.82, 2.24) is 0 Å². The molecule has 0 aliphatic heterocycles. The number of nitriles is 1. The van der Waals surface area contributed by atoms with E-state index >= 15 is 0 Å². The van der Waals surface area contributed by atoms with Crippen LogP contribution in [0.3, 0.4) is 0 Å². The summed E-state index contributed by atoms with van der Waals surface area (Å²) in [4.78, 5) is 11.5. The number of carbonyl (C=O) groups is 1. The van der Waals surface area contributed by atoms with Gasteiger partial charge >= 0.3 is 0 Å². The molecule has 0 spiro atoms. The number of carbonyl (C=O) groups excluding carboxylic acids is 1. The first-order chi connectivity index (χ1) is 11.4. The van der Waals surface area contributed by atoms with E-state index < -0.39 is 32.2 Å². The fourth-order valence-electron chi connectivity index (χ4n) is 3.00. The summed E-state index contributed by atoms with van der Waals surface area (Å²) in [5.41, 5.74) is -1.23. The van der Waals surface area contributed by atoms with Crippen molar-refractivity contribution in [3.8, 4) is 6.07 Å². The lowest BCUT2D eigenvalue weighted by atomic mass is 10.0. The molecule has 7 heteroatoms. The van der Waals surface area contributed by atoms with Gasteiger partial charge in [-0.05, 0) is 42.0 Å². The molecule has 1 aliphatic rings. The van der Waals surface area contributed by atoms with Crippen LogP contribution in [-0.4, -0.2) is 20.0 Å². The van der Waals surface area contributed by atoms with Crippen LogP contribution in [0.2, 0.25) is 5.02 Å². The Hall–Kier alpha value is -2.23. The van der Waals surface area contributed by atoms with Crippen molar-refractivity contribution in [2.24, 2.45) is 5.41 Å². The lowest BCUT2D eigenvalue weighted by Gasteiger charge is -2.04. The molecule has 24 heavy (non-hydrogen) atoms. The molecule has 0 bridgehead atoms. The summed E-state index contributed by atoms with van der Waals surface area (Å²) in [7, 11) is -3.93. The summed E-state index contributed by atoms with van der Waals surface area (Å²) in [5.74, 6) is -1.31. The van der Waals surface area contributed by atoms with Crippen LogP contribution in [-0.2, 0) is 14.6 Å². The number of halogens is 2. The van der Waals surface area contributed by atoms with Crippen LogP contribution in [0.1, 0.15) is 11.5 Å². The second kappa shape index (κ2) is 5.69. The molecule has 3 atom stereocenters. The minimum Gasteiger partial charge on any atom is -0.302 e. The predicted octanol–water partition coefficient (Wildman–Crippen LogP) is 3.13. The Kier molecular flexibility index (Phi) is 3.94. The van der Waals surface area contributed by atoms with Crippen molar-refractivity contribution in [1.29, 1.82) is 5.26 Å². The lowest BCUT2D eigenvalue weighted by Crippen LogP contribution is -2.16. The molecular weight excluding hydrogens is 353 g/mol. The third-order valence-electron chi connectivity index (χ3n) is 4.27. The van der Waals surface area contributed by atoms with Gasteiger partial charge < -0.3 is 4.79 Å². The average molecular weight is 364 g/mol. The minimum atomic E-state index is -3.93. The van der Waals surface area contributed by atoms with E-state index in [0.29, 0.717) is 16.9 Å². The fraction of sp³-hybridized carbons (Fsp3) is 0.176. The standard InChI is InChI=1S/C17H11ClFNO3S/c18-12-3-7-14(8-4-12)24(22,23)16-15(17(16,9-20)10-21)11-1-5-13(19)6-2-11/h1-8,10,15-16H/t15-,16+,17+/m1/s1. The zero-order valence-electron chi connectivity index (χ0n) is 12.2. The normalized spacial score (nSPS) is 25.7. The first-order valence-electron chi connectivity index (χ1n) is 6.99. The summed E-state index contributed by atoms with van der Waals surface area (Å²) in [5, 5.41) is 8.59. The Bertz CT molecular complexity index is 935. The van der Waals surface area contributed by atoms with Gasteiger partial charge in [0.2, 0.25) is 0 Å². The highest BCUT2D eigenvalue weighted by molar-refractivity contribution is 7.92. The topological polar surface area (TPSA) is 75.0 Å². The summed E-state index contributed by atoms with van der Waals surface area (Å²) in [6.45, 7) is 0. The number of sulfone groups is 1. The quantitative estimate of drug-likeness (QED) is 0.782. The molecule has 0 amide bonds. The van der Waals surface area contributed by atoms with Crippen molar-refractivity contribution < 1.29 is 17.6 Å². The van der Waals surface area contributed by atoms with Crippen molar-refractivity contribution in [3.05, 3.63) is 64.9 Å². The maximum absolute atomic E-state index is 13.1. The summed E-state index contributed by atoms with van der Waals surface area (Å²) < 4.78 is 38.8. The van der Waals surface area contributed by atoms with Gasteiger partial charge in [-0.1, -0.05) is 23.7 Å². The SMILES string of the molecule is N#C[C@]1(C=O)[C@H](c2ccc(F)cc2)[C@@H]1S(=O)(=O)c1ccc(Cl)cc1. The predicted molar refractivity (Wildman–Crippen MR) is 85.7 cm³/mol. The first-order valence-corrected chi connectivity index (χ1v) is 8.92. The zero-order valence-corrected chi connectivity index (χ0v) is 13.8. The molecule has 0 saturated heterocycles.